The lowest BCUT2D eigenvalue weighted by atomic mass is 9.98. The Morgan fingerprint density at radius 3 is 2.67 bits per heavy atom. The van der Waals surface area contributed by atoms with Crippen LogP contribution < -0.4 is 10.1 Å². The van der Waals surface area contributed by atoms with E-state index < -0.39 is 0 Å². The molecule has 1 heterocycles. The van der Waals surface area contributed by atoms with Crippen molar-refractivity contribution in [2.45, 2.75) is 13.0 Å². The van der Waals surface area contributed by atoms with Gasteiger partial charge in [-0.1, -0.05) is 17.7 Å². The highest BCUT2D eigenvalue weighted by Gasteiger charge is 2.16. The van der Waals surface area contributed by atoms with Crippen LogP contribution in [0.4, 0.5) is 0 Å². The zero-order valence-corrected chi connectivity index (χ0v) is 12.2. The molecule has 1 N–H and O–H groups in total. The molecule has 0 spiro atoms. The van der Waals surface area contributed by atoms with Crippen molar-refractivity contribution >= 4 is 22.9 Å². The van der Waals surface area contributed by atoms with Gasteiger partial charge in [-0.05, 0) is 53.6 Å². The number of hydrogen-bond donors (Lipinski definition) is 1. The van der Waals surface area contributed by atoms with Crippen molar-refractivity contribution in [2.75, 3.05) is 14.2 Å². The van der Waals surface area contributed by atoms with Crippen molar-refractivity contribution in [3.8, 4) is 5.75 Å². The zero-order valence-electron chi connectivity index (χ0n) is 10.7. The second-order valence-electron chi connectivity index (χ2n) is 4.13. The summed E-state index contributed by atoms with van der Waals surface area (Å²) in [5, 5.41) is 8.32. The molecule has 0 bridgehead atoms. The third kappa shape index (κ3) is 2.53. The lowest BCUT2D eigenvalue weighted by molar-refractivity contribution is 0.414. The summed E-state index contributed by atoms with van der Waals surface area (Å²) in [4.78, 5) is 0. The van der Waals surface area contributed by atoms with Crippen molar-refractivity contribution in [2.24, 2.45) is 0 Å². The monoisotopic (exact) mass is 281 g/mol. The molecule has 0 radical (unpaired) electrons. The minimum Gasteiger partial charge on any atom is -0.495 e. The van der Waals surface area contributed by atoms with Gasteiger partial charge in [0.1, 0.15) is 5.75 Å². The Kier molecular flexibility index (Phi) is 4.27. The lowest BCUT2D eigenvalue weighted by Crippen LogP contribution is -2.17. The van der Waals surface area contributed by atoms with E-state index in [4.69, 9.17) is 16.3 Å². The van der Waals surface area contributed by atoms with E-state index in [0.717, 1.165) is 5.56 Å². The average molecular weight is 282 g/mol. The predicted octanol–water partition coefficient (Wildman–Crippen LogP) is 4.03. The molecule has 1 aromatic heterocycles. The maximum absolute atomic E-state index is 6.06. The molecule has 0 saturated heterocycles. The van der Waals surface area contributed by atoms with Crippen LogP contribution in [0, 0.1) is 6.92 Å². The van der Waals surface area contributed by atoms with Crippen molar-refractivity contribution < 1.29 is 4.74 Å². The minimum atomic E-state index is 0.169. The van der Waals surface area contributed by atoms with E-state index in [1.54, 1.807) is 18.4 Å². The van der Waals surface area contributed by atoms with E-state index in [1.165, 1.54) is 11.1 Å². The average Bonchev–Trinajstić information content (AvgIpc) is 2.79. The van der Waals surface area contributed by atoms with E-state index in [-0.39, 0.29) is 6.04 Å². The van der Waals surface area contributed by atoms with Gasteiger partial charge in [-0.15, -0.1) is 0 Å². The van der Waals surface area contributed by atoms with Gasteiger partial charge in [0, 0.05) is 0 Å². The van der Waals surface area contributed by atoms with Crippen LogP contribution in [-0.4, -0.2) is 14.2 Å². The maximum Gasteiger partial charge on any atom is 0.137 e. The largest absolute Gasteiger partial charge is 0.495 e. The summed E-state index contributed by atoms with van der Waals surface area (Å²) in [5.41, 5.74) is 3.75. The normalized spacial score (nSPS) is 12.4. The number of methoxy groups -OCH3 is 1. The van der Waals surface area contributed by atoms with Gasteiger partial charge in [-0.3, -0.25) is 0 Å². The molecule has 0 aliphatic heterocycles. The highest BCUT2D eigenvalue weighted by molar-refractivity contribution is 7.08. The molecule has 1 aromatic carbocycles. The summed E-state index contributed by atoms with van der Waals surface area (Å²) in [5.74, 6) is 0.710. The molecular formula is C14H16ClNOS. The van der Waals surface area contributed by atoms with Crippen molar-refractivity contribution in [1.29, 1.82) is 0 Å². The van der Waals surface area contributed by atoms with E-state index in [0.29, 0.717) is 10.8 Å². The fourth-order valence-corrected chi connectivity index (χ4v) is 3.10. The predicted molar refractivity (Wildman–Crippen MR) is 78.0 cm³/mol. The quantitative estimate of drug-likeness (QED) is 0.914. The van der Waals surface area contributed by atoms with E-state index in [1.807, 2.05) is 25.2 Å². The van der Waals surface area contributed by atoms with Crippen LogP contribution in [0.2, 0.25) is 5.02 Å². The summed E-state index contributed by atoms with van der Waals surface area (Å²) >= 11 is 7.78. The first kappa shape index (κ1) is 13.4. The summed E-state index contributed by atoms with van der Waals surface area (Å²) in [6.07, 6.45) is 0. The van der Waals surface area contributed by atoms with Crippen LogP contribution in [-0.2, 0) is 0 Å². The standard InChI is InChI=1S/C14H16ClNOS/c1-9-7-18-8-11(9)14(16-2)10-4-5-12(15)13(6-10)17-3/h4-8,14,16H,1-3H3. The Morgan fingerprint density at radius 2 is 2.11 bits per heavy atom. The number of hydrogen-bond acceptors (Lipinski definition) is 3. The van der Waals surface area contributed by atoms with Crippen LogP contribution >= 0.6 is 22.9 Å². The van der Waals surface area contributed by atoms with Gasteiger partial charge in [0.05, 0.1) is 18.2 Å². The maximum atomic E-state index is 6.06. The summed E-state index contributed by atoms with van der Waals surface area (Å²) in [6.45, 7) is 2.13. The highest BCUT2D eigenvalue weighted by atomic mass is 35.5. The third-order valence-corrected chi connectivity index (χ3v) is 4.20. The lowest BCUT2D eigenvalue weighted by Gasteiger charge is -2.18. The first-order chi connectivity index (χ1) is 8.67. The Morgan fingerprint density at radius 1 is 1.33 bits per heavy atom. The molecule has 2 nitrogen and oxygen atoms in total. The van der Waals surface area contributed by atoms with E-state index in [9.17, 15) is 0 Å². The Balaban J connectivity index is 2.42. The molecular weight excluding hydrogens is 266 g/mol. The molecule has 96 valence electrons. The van der Waals surface area contributed by atoms with Crippen LogP contribution in [0.25, 0.3) is 0 Å². The molecule has 18 heavy (non-hydrogen) atoms. The number of aryl methyl sites for hydroxylation is 1. The number of benzene rings is 1. The van der Waals surface area contributed by atoms with Crippen LogP contribution in [0.15, 0.2) is 29.0 Å². The topological polar surface area (TPSA) is 21.3 Å². The van der Waals surface area contributed by atoms with Gasteiger partial charge in [-0.2, -0.15) is 11.3 Å². The molecule has 0 aliphatic carbocycles. The Bertz CT molecular complexity index is 538. The molecule has 0 saturated carbocycles. The van der Waals surface area contributed by atoms with Gasteiger partial charge in [0.15, 0.2) is 0 Å². The molecule has 4 heteroatoms. The van der Waals surface area contributed by atoms with E-state index >= 15 is 0 Å². The summed E-state index contributed by atoms with van der Waals surface area (Å²) in [7, 11) is 3.60. The van der Waals surface area contributed by atoms with Gasteiger partial charge >= 0.3 is 0 Å². The fraction of sp³-hybridized carbons (Fsp3) is 0.286. The Labute approximate surface area is 117 Å². The molecule has 0 fully saturated rings. The minimum absolute atomic E-state index is 0.169. The smallest absolute Gasteiger partial charge is 0.137 e. The summed E-state index contributed by atoms with van der Waals surface area (Å²) in [6, 6.07) is 6.06. The SMILES string of the molecule is CNC(c1ccc(Cl)c(OC)c1)c1cscc1C. The summed E-state index contributed by atoms with van der Waals surface area (Å²) < 4.78 is 5.27. The van der Waals surface area contributed by atoms with Gasteiger partial charge in [-0.25, -0.2) is 0 Å². The molecule has 0 amide bonds. The van der Waals surface area contributed by atoms with Gasteiger partial charge < -0.3 is 10.1 Å². The van der Waals surface area contributed by atoms with Crippen molar-refractivity contribution in [1.82, 2.24) is 5.32 Å². The van der Waals surface area contributed by atoms with Crippen LogP contribution in [0.5, 0.6) is 5.75 Å². The second kappa shape index (κ2) is 5.74. The first-order valence-electron chi connectivity index (χ1n) is 5.70. The second-order valence-corrected chi connectivity index (χ2v) is 5.28. The Hall–Kier alpha value is -1.03. The van der Waals surface area contributed by atoms with Crippen molar-refractivity contribution in [3.05, 3.63) is 50.7 Å². The number of halogens is 1. The third-order valence-electron chi connectivity index (χ3n) is 3.00. The first-order valence-corrected chi connectivity index (χ1v) is 7.02. The molecule has 2 rings (SSSR count). The molecule has 2 aromatic rings. The zero-order chi connectivity index (χ0) is 13.1. The molecule has 1 unspecified atom stereocenters. The molecule has 1 atom stereocenters. The number of thiophene rings is 1. The van der Waals surface area contributed by atoms with Gasteiger partial charge in [0.25, 0.3) is 0 Å². The fourth-order valence-electron chi connectivity index (χ4n) is 2.02. The van der Waals surface area contributed by atoms with Crippen LogP contribution in [0.1, 0.15) is 22.7 Å². The van der Waals surface area contributed by atoms with E-state index in [2.05, 4.69) is 23.0 Å². The highest BCUT2D eigenvalue weighted by Crippen LogP contribution is 2.32. The van der Waals surface area contributed by atoms with Crippen LogP contribution in [0.3, 0.4) is 0 Å². The van der Waals surface area contributed by atoms with Gasteiger partial charge in [0.2, 0.25) is 0 Å². The number of ether oxygens (including phenoxy) is 1. The number of nitrogens with one attached hydrogen (secondary N) is 1. The van der Waals surface area contributed by atoms with Crippen molar-refractivity contribution in [3.63, 3.8) is 0 Å². The molecule has 0 aliphatic rings. The number of rotatable bonds is 4.